The van der Waals surface area contributed by atoms with Gasteiger partial charge in [0.1, 0.15) is 28.8 Å². The van der Waals surface area contributed by atoms with Gasteiger partial charge in [-0.2, -0.15) is 0 Å². The van der Waals surface area contributed by atoms with Crippen molar-refractivity contribution in [2.45, 2.75) is 46.3 Å². The molecule has 6 heteroatoms. The number of amides is 1. The molecule has 24 heavy (non-hydrogen) atoms. The van der Waals surface area contributed by atoms with Crippen molar-refractivity contribution in [2.75, 3.05) is 7.11 Å². The molecule has 1 N–H and O–H groups in total. The Labute approximate surface area is 142 Å². The van der Waals surface area contributed by atoms with Gasteiger partial charge in [-0.3, -0.25) is 9.59 Å². The molecule has 1 rings (SSSR count). The van der Waals surface area contributed by atoms with Gasteiger partial charge in [-0.05, 0) is 52.3 Å². The lowest BCUT2D eigenvalue weighted by molar-refractivity contribution is -0.131. The zero-order valence-electron chi connectivity index (χ0n) is 15.0. The summed E-state index contributed by atoms with van der Waals surface area (Å²) in [5.41, 5.74) is -0.0618. The molecule has 0 saturated carbocycles. The fourth-order valence-electron chi connectivity index (χ4n) is 2.36. The van der Waals surface area contributed by atoms with Crippen LogP contribution in [0, 0.1) is 5.92 Å². The van der Waals surface area contributed by atoms with Crippen molar-refractivity contribution in [2.24, 2.45) is 5.92 Å². The number of rotatable bonds is 6. The summed E-state index contributed by atoms with van der Waals surface area (Å²) in [5.74, 6) is -0.985. The first-order valence-electron chi connectivity index (χ1n) is 7.69. The van der Waals surface area contributed by atoms with E-state index < -0.39 is 23.7 Å². The number of carbonyl (C=O) groups excluding carboxylic acids is 3. The van der Waals surface area contributed by atoms with Crippen LogP contribution in [0.2, 0.25) is 0 Å². The molecule has 0 heterocycles. The van der Waals surface area contributed by atoms with Gasteiger partial charge >= 0.3 is 6.09 Å². The van der Waals surface area contributed by atoms with Crippen LogP contribution in [-0.4, -0.2) is 30.4 Å². The largest absolute Gasteiger partial charge is 0.497 e. The van der Waals surface area contributed by atoms with Crippen LogP contribution < -0.4 is 10.1 Å². The van der Waals surface area contributed by atoms with E-state index in [4.69, 9.17) is 9.47 Å². The molecule has 0 aliphatic heterocycles. The molecule has 0 aliphatic carbocycles. The van der Waals surface area contributed by atoms with Crippen LogP contribution in [0.5, 0.6) is 5.75 Å². The maximum absolute atomic E-state index is 12.1. The van der Waals surface area contributed by atoms with E-state index in [9.17, 15) is 14.4 Å². The Morgan fingerprint density at radius 3 is 1.88 bits per heavy atom. The second-order valence-corrected chi connectivity index (χ2v) is 6.60. The SMILES string of the molecule is COc1ccc([C@H](NC(=O)OC(C)(C)C)C(C(C)=O)C(C)=O)cc1. The topological polar surface area (TPSA) is 81.7 Å². The Morgan fingerprint density at radius 1 is 1.00 bits per heavy atom. The van der Waals surface area contributed by atoms with Crippen LogP contribution in [0.1, 0.15) is 46.2 Å². The number of methoxy groups -OCH3 is 1. The van der Waals surface area contributed by atoms with Crippen LogP contribution in [0.25, 0.3) is 0 Å². The van der Waals surface area contributed by atoms with Gasteiger partial charge in [0.15, 0.2) is 0 Å². The second-order valence-electron chi connectivity index (χ2n) is 6.60. The maximum Gasteiger partial charge on any atom is 0.408 e. The average Bonchev–Trinajstić information content (AvgIpc) is 2.44. The van der Waals surface area contributed by atoms with Gasteiger partial charge in [0.2, 0.25) is 0 Å². The van der Waals surface area contributed by atoms with E-state index in [0.717, 1.165) is 0 Å². The minimum atomic E-state index is -0.981. The van der Waals surface area contributed by atoms with Crippen LogP contribution >= 0.6 is 0 Å². The number of ether oxygens (including phenoxy) is 2. The maximum atomic E-state index is 12.1. The molecule has 0 saturated heterocycles. The predicted octanol–water partition coefficient (Wildman–Crippen LogP) is 3.06. The molecule has 132 valence electrons. The van der Waals surface area contributed by atoms with Crippen LogP contribution in [0.15, 0.2) is 24.3 Å². The van der Waals surface area contributed by atoms with Gasteiger partial charge in [0.25, 0.3) is 0 Å². The molecule has 1 amide bonds. The number of ketones is 2. The van der Waals surface area contributed by atoms with Gasteiger partial charge in [-0.25, -0.2) is 4.79 Å². The quantitative estimate of drug-likeness (QED) is 0.808. The molecule has 6 nitrogen and oxygen atoms in total. The Balaban J connectivity index is 3.17. The summed E-state index contributed by atoms with van der Waals surface area (Å²) >= 11 is 0. The Bertz CT molecular complexity index is 587. The van der Waals surface area contributed by atoms with Crippen molar-refractivity contribution in [1.82, 2.24) is 5.32 Å². The fourth-order valence-corrected chi connectivity index (χ4v) is 2.36. The summed E-state index contributed by atoms with van der Waals surface area (Å²) < 4.78 is 10.4. The molecule has 1 aromatic rings. The molecule has 0 radical (unpaired) electrons. The molecule has 0 aromatic heterocycles. The summed E-state index contributed by atoms with van der Waals surface area (Å²) in [5, 5.41) is 2.65. The summed E-state index contributed by atoms with van der Waals surface area (Å²) in [6.07, 6.45) is -0.684. The lowest BCUT2D eigenvalue weighted by atomic mass is 9.87. The van der Waals surface area contributed by atoms with E-state index in [1.54, 1.807) is 52.1 Å². The van der Waals surface area contributed by atoms with Crippen molar-refractivity contribution < 1.29 is 23.9 Å². The monoisotopic (exact) mass is 335 g/mol. The standard InChI is InChI=1S/C18H25NO5/c1-11(20)15(12(2)21)16(19-17(22)24-18(3,4)5)13-7-9-14(23-6)10-8-13/h7-10,15-16H,1-6H3,(H,19,22)/t16-/m0/s1. The third-order valence-corrected chi connectivity index (χ3v) is 3.36. The van der Waals surface area contributed by atoms with E-state index in [2.05, 4.69) is 5.32 Å². The molecule has 1 aromatic carbocycles. The van der Waals surface area contributed by atoms with E-state index >= 15 is 0 Å². The van der Waals surface area contributed by atoms with Gasteiger partial charge in [0, 0.05) is 0 Å². The van der Waals surface area contributed by atoms with E-state index in [0.29, 0.717) is 11.3 Å². The van der Waals surface area contributed by atoms with Crippen LogP contribution in [0.4, 0.5) is 4.79 Å². The third-order valence-electron chi connectivity index (χ3n) is 3.36. The average molecular weight is 335 g/mol. The number of nitrogens with one attached hydrogen (secondary N) is 1. The highest BCUT2D eigenvalue weighted by molar-refractivity contribution is 6.01. The van der Waals surface area contributed by atoms with Gasteiger partial charge < -0.3 is 14.8 Å². The third kappa shape index (κ3) is 5.68. The highest BCUT2D eigenvalue weighted by Gasteiger charge is 2.33. The summed E-state index contributed by atoms with van der Waals surface area (Å²) in [6, 6.07) is 6.02. The Kier molecular flexibility index (Phi) is 6.51. The zero-order chi connectivity index (χ0) is 18.5. The highest BCUT2D eigenvalue weighted by atomic mass is 16.6. The van der Waals surface area contributed by atoms with Gasteiger partial charge in [0.05, 0.1) is 13.2 Å². The minimum Gasteiger partial charge on any atom is -0.497 e. The highest BCUT2D eigenvalue weighted by Crippen LogP contribution is 2.26. The first kappa shape index (κ1) is 19.7. The molecular formula is C18H25NO5. The van der Waals surface area contributed by atoms with E-state index in [1.807, 2.05) is 0 Å². The molecule has 0 unspecified atom stereocenters. The Morgan fingerprint density at radius 2 is 1.50 bits per heavy atom. The van der Waals surface area contributed by atoms with Crippen molar-refractivity contribution in [1.29, 1.82) is 0 Å². The van der Waals surface area contributed by atoms with E-state index in [-0.39, 0.29) is 11.6 Å². The van der Waals surface area contributed by atoms with Crippen molar-refractivity contribution in [3.63, 3.8) is 0 Å². The van der Waals surface area contributed by atoms with E-state index in [1.165, 1.54) is 13.8 Å². The van der Waals surface area contributed by atoms with Crippen LogP contribution in [-0.2, 0) is 14.3 Å². The van der Waals surface area contributed by atoms with Crippen molar-refractivity contribution in [3.8, 4) is 5.75 Å². The lowest BCUT2D eigenvalue weighted by Gasteiger charge is -2.27. The Hall–Kier alpha value is -2.37. The predicted molar refractivity (Wildman–Crippen MR) is 90.0 cm³/mol. The number of hydrogen-bond acceptors (Lipinski definition) is 5. The zero-order valence-corrected chi connectivity index (χ0v) is 15.0. The first-order valence-corrected chi connectivity index (χ1v) is 7.69. The van der Waals surface area contributed by atoms with Crippen molar-refractivity contribution in [3.05, 3.63) is 29.8 Å². The fraction of sp³-hybridized carbons (Fsp3) is 0.500. The summed E-state index contributed by atoms with van der Waals surface area (Å²) in [4.78, 5) is 36.0. The number of alkyl carbamates (subject to hydrolysis) is 1. The normalized spacial score (nSPS) is 12.5. The number of benzene rings is 1. The summed E-state index contributed by atoms with van der Waals surface area (Å²) in [7, 11) is 1.54. The summed E-state index contributed by atoms with van der Waals surface area (Å²) in [6.45, 7) is 7.88. The molecule has 0 fully saturated rings. The number of carbonyl (C=O) groups is 3. The van der Waals surface area contributed by atoms with Gasteiger partial charge in [-0.15, -0.1) is 0 Å². The molecule has 0 aliphatic rings. The molecule has 1 atom stereocenters. The lowest BCUT2D eigenvalue weighted by Crippen LogP contribution is -2.41. The minimum absolute atomic E-state index is 0.320. The number of hydrogen-bond donors (Lipinski definition) is 1. The smallest absolute Gasteiger partial charge is 0.408 e. The van der Waals surface area contributed by atoms with Crippen molar-refractivity contribution >= 4 is 17.7 Å². The van der Waals surface area contributed by atoms with Crippen LogP contribution in [0.3, 0.4) is 0 Å². The first-order chi connectivity index (χ1) is 11.0. The molecule has 0 spiro atoms. The van der Waals surface area contributed by atoms with Gasteiger partial charge in [-0.1, -0.05) is 12.1 Å². The number of Topliss-reactive ketones (excluding diaryl/α,β-unsaturated/α-hetero) is 2. The second kappa shape index (κ2) is 7.95. The molecular weight excluding hydrogens is 310 g/mol. The molecule has 0 bridgehead atoms.